The van der Waals surface area contributed by atoms with E-state index in [1.807, 2.05) is 0 Å². The second-order valence-electron chi connectivity index (χ2n) is 7.45. The number of nitrogens with one attached hydrogen (secondary N) is 2. The van der Waals surface area contributed by atoms with Crippen LogP contribution < -0.4 is 16.6 Å². The molecule has 2 amide bonds. The summed E-state index contributed by atoms with van der Waals surface area (Å²) in [6.07, 6.45) is -1.69. The Morgan fingerprint density at radius 1 is 1.09 bits per heavy atom. The van der Waals surface area contributed by atoms with Gasteiger partial charge in [-0.3, -0.25) is 14.4 Å². The average Bonchev–Trinajstić information content (AvgIpc) is 3.22. The number of carbonyl (C=O) groups is 2. The van der Waals surface area contributed by atoms with E-state index in [2.05, 4.69) is 20.4 Å². The van der Waals surface area contributed by atoms with Gasteiger partial charge in [0.1, 0.15) is 5.69 Å². The number of nitrogens with two attached hydrogens (primary N) is 1. The van der Waals surface area contributed by atoms with Crippen LogP contribution in [0.3, 0.4) is 0 Å². The molecule has 1 aromatic carbocycles. The van der Waals surface area contributed by atoms with Crippen molar-refractivity contribution in [2.75, 3.05) is 5.32 Å². The highest BCUT2D eigenvalue weighted by molar-refractivity contribution is 6.06. The standard InChI is InChI=1S/C22H17F3N6O3/c1-10-11(2)17(19(26)32)28-9-15(10)30-21(34)14-8-29-31(18(14)22(23,24)25)16-5-3-4-13-12(16)6-7-27-20(13)33/h3-9H,1-2H3,(H2,26,32)(H,27,33)(H,30,34). The number of halogens is 3. The fraction of sp³-hybridized carbons (Fsp3) is 0.136. The molecular formula is C22H17F3N6O3. The Labute approximate surface area is 189 Å². The van der Waals surface area contributed by atoms with Crippen LogP contribution in [-0.2, 0) is 6.18 Å². The quantitative estimate of drug-likeness (QED) is 0.421. The maximum Gasteiger partial charge on any atom is 0.434 e. The third kappa shape index (κ3) is 3.78. The molecule has 3 aromatic heterocycles. The van der Waals surface area contributed by atoms with Crippen molar-refractivity contribution in [3.8, 4) is 5.69 Å². The number of H-pyrrole nitrogens is 1. The van der Waals surface area contributed by atoms with E-state index in [-0.39, 0.29) is 27.8 Å². The summed E-state index contributed by atoms with van der Waals surface area (Å²) in [4.78, 5) is 42.8. The monoisotopic (exact) mass is 470 g/mol. The van der Waals surface area contributed by atoms with Gasteiger partial charge in [-0.25, -0.2) is 9.67 Å². The third-order valence-electron chi connectivity index (χ3n) is 5.43. The van der Waals surface area contributed by atoms with Crippen LogP contribution in [0.5, 0.6) is 0 Å². The summed E-state index contributed by atoms with van der Waals surface area (Å²) in [7, 11) is 0. The van der Waals surface area contributed by atoms with Crippen LogP contribution in [-0.4, -0.2) is 31.6 Å². The van der Waals surface area contributed by atoms with E-state index < -0.39 is 34.8 Å². The summed E-state index contributed by atoms with van der Waals surface area (Å²) in [6.45, 7) is 3.13. The van der Waals surface area contributed by atoms with Crippen molar-refractivity contribution in [1.29, 1.82) is 0 Å². The van der Waals surface area contributed by atoms with Crippen molar-refractivity contribution >= 4 is 28.3 Å². The molecule has 0 spiro atoms. The molecule has 0 radical (unpaired) electrons. The lowest BCUT2D eigenvalue weighted by atomic mass is 10.1. The largest absolute Gasteiger partial charge is 0.434 e. The maximum atomic E-state index is 14.1. The Bertz CT molecular complexity index is 1520. The number of carbonyl (C=O) groups excluding carboxylic acids is 2. The van der Waals surface area contributed by atoms with Crippen molar-refractivity contribution in [3.63, 3.8) is 0 Å². The highest BCUT2D eigenvalue weighted by Crippen LogP contribution is 2.35. The van der Waals surface area contributed by atoms with Crippen LogP contribution in [0.15, 0.2) is 47.7 Å². The van der Waals surface area contributed by atoms with Gasteiger partial charge in [-0.15, -0.1) is 0 Å². The fourth-order valence-electron chi connectivity index (χ4n) is 3.63. The summed E-state index contributed by atoms with van der Waals surface area (Å²) >= 11 is 0. The molecular weight excluding hydrogens is 453 g/mol. The molecule has 3 heterocycles. The molecule has 0 aliphatic carbocycles. The average molecular weight is 470 g/mol. The zero-order valence-electron chi connectivity index (χ0n) is 17.8. The number of fused-ring (bicyclic) bond motifs is 1. The molecule has 4 aromatic rings. The number of aromatic amines is 1. The van der Waals surface area contributed by atoms with Gasteiger partial charge in [0.05, 0.1) is 29.3 Å². The smallest absolute Gasteiger partial charge is 0.364 e. The molecule has 0 atom stereocenters. The lowest BCUT2D eigenvalue weighted by Crippen LogP contribution is -2.22. The predicted octanol–water partition coefficient (Wildman–Crippen LogP) is 3.10. The van der Waals surface area contributed by atoms with E-state index in [1.54, 1.807) is 13.8 Å². The number of hydrogen-bond acceptors (Lipinski definition) is 5. The molecule has 0 aliphatic heterocycles. The number of nitrogens with zero attached hydrogens (tertiary/aromatic N) is 3. The molecule has 4 rings (SSSR count). The Hall–Kier alpha value is -4.48. The summed E-state index contributed by atoms with van der Waals surface area (Å²) in [5.74, 6) is -1.85. The van der Waals surface area contributed by atoms with Gasteiger partial charge in [-0.05, 0) is 43.2 Å². The lowest BCUT2D eigenvalue weighted by Gasteiger charge is -2.15. The van der Waals surface area contributed by atoms with Crippen LogP contribution >= 0.6 is 0 Å². The van der Waals surface area contributed by atoms with Crippen molar-refractivity contribution < 1.29 is 22.8 Å². The third-order valence-corrected chi connectivity index (χ3v) is 5.43. The fourth-order valence-corrected chi connectivity index (χ4v) is 3.63. The molecule has 0 unspecified atom stereocenters. The number of benzene rings is 1. The maximum absolute atomic E-state index is 14.1. The Kier molecular flexibility index (Phi) is 5.43. The molecule has 0 fully saturated rings. The molecule has 12 heteroatoms. The molecule has 0 bridgehead atoms. The minimum atomic E-state index is -4.95. The van der Waals surface area contributed by atoms with E-state index in [9.17, 15) is 27.6 Å². The lowest BCUT2D eigenvalue weighted by molar-refractivity contribution is -0.143. The second-order valence-corrected chi connectivity index (χ2v) is 7.45. The molecule has 0 saturated carbocycles. The van der Waals surface area contributed by atoms with Crippen LogP contribution in [0.2, 0.25) is 0 Å². The van der Waals surface area contributed by atoms with E-state index >= 15 is 0 Å². The first-order chi connectivity index (χ1) is 16.0. The minimum absolute atomic E-state index is 0.00904. The number of aromatic nitrogens is 4. The summed E-state index contributed by atoms with van der Waals surface area (Å²) in [5, 5.41) is 6.61. The zero-order chi connectivity index (χ0) is 24.8. The summed E-state index contributed by atoms with van der Waals surface area (Å²) < 4.78 is 42.9. The van der Waals surface area contributed by atoms with Crippen molar-refractivity contribution in [3.05, 3.63) is 81.3 Å². The number of pyridine rings is 2. The molecule has 34 heavy (non-hydrogen) atoms. The van der Waals surface area contributed by atoms with E-state index in [0.29, 0.717) is 15.8 Å². The van der Waals surface area contributed by atoms with Gasteiger partial charge in [-0.1, -0.05) is 6.07 Å². The normalized spacial score (nSPS) is 11.6. The SMILES string of the molecule is Cc1c(NC(=O)c2cnn(-c3cccc4c(=O)[nH]ccc34)c2C(F)(F)F)cnc(C(N)=O)c1C. The van der Waals surface area contributed by atoms with Crippen LogP contribution in [0.4, 0.5) is 18.9 Å². The highest BCUT2D eigenvalue weighted by atomic mass is 19.4. The number of primary amides is 1. The number of hydrogen-bond donors (Lipinski definition) is 3. The molecule has 174 valence electrons. The van der Waals surface area contributed by atoms with Gasteiger partial charge < -0.3 is 16.0 Å². The van der Waals surface area contributed by atoms with E-state index in [0.717, 1.165) is 12.4 Å². The zero-order valence-corrected chi connectivity index (χ0v) is 17.8. The van der Waals surface area contributed by atoms with Crippen molar-refractivity contribution in [1.82, 2.24) is 19.7 Å². The highest BCUT2D eigenvalue weighted by Gasteiger charge is 2.41. The van der Waals surface area contributed by atoms with Gasteiger partial charge >= 0.3 is 6.18 Å². The summed E-state index contributed by atoms with van der Waals surface area (Å²) in [5.41, 5.74) is 3.63. The first-order valence-corrected chi connectivity index (χ1v) is 9.84. The second kappa shape index (κ2) is 8.14. The Morgan fingerprint density at radius 3 is 2.50 bits per heavy atom. The molecule has 0 aliphatic rings. The van der Waals surface area contributed by atoms with Gasteiger partial charge in [-0.2, -0.15) is 18.3 Å². The van der Waals surface area contributed by atoms with E-state index in [1.165, 1.54) is 30.5 Å². The van der Waals surface area contributed by atoms with Gasteiger partial charge in [0.15, 0.2) is 5.69 Å². The van der Waals surface area contributed by atoms with E-state index in [4.69, 9.17) is 5.73 Å². The minimum Gasteiger partial charge on any atom is -0.364 e. The first kappa shape index (κ1) is 22.7. The number of anilines is 1. The van der Waals surface area contributed by atoms with Crippen LogP contribution in [0, 0.1) is 13.8 Å². The van der Waals surface area contributed by atoms with Gasteiger partial charge in [0, 0.05) is 17.0 Å². The van der Waals surface area contributed by atoms with Gasteiger partial charge in [0.2, 0.25) is 0 Å². The topological polar surface area (TPSA) is 136 Å². The van der Waals surface area contributed by atoms with Gasteiger partial charge in [0.25, 0.3) is 17.4 Å². The first-order valence-electron chi connectivity index (χ1n) is 9.84. The number of alkyl halides is 3. The predicted molar refractivity (Wildman–Crippen MR) is 117 cm³/mol. The summed E-state index contributed by atoms with van der Waals surface area (Å²) in [6, 6.07) is 5.71. The van der Waals surface area contributed by atoms with Crippen molar-refractivity contribution in [2.45, 2.75) is 20.0 Å². The van der Waals surface area contributed by atoms with Crippen LogP contribution in [0.25, 0.3) is 16.5 Å². The molecule has 9 nitrogen and oxygen atoms in total. The Morgan fingerprint density at radius 2 is 1.82 bits per heavy atom. The van der Waals surface area contributed by atoms with Crippen molar-refractivity contribution in [2.24, 2.45) is 5.73 Å². The van der Waals surface area contributed by atoms with Crippen LogP contribution in [0.1, 0.15) is 37.7 Å². The molecule has 4 N–H and O–H groups in total. The number of amides is 2. The Balaban J connectivity index is 1.82. The number of rotatable bonds is 4. The molecule has 0 saturated heterocycles.